The standard InChI is InChI=1S/C10H9ClN2O4S/c11-8-7(10(14)15)1-3-12-9(8)13-6-2-4-18(16,17)5-6/h1-4,6H,5H2,(H,12,13)(H,14,15). The summed E-state index contributed by atoms with van der Waals surface area (Å²) in [6.45, 7) is 0. The first-order valence-corrected chi connectivity index (χ1v) is 7.04. The van der Waals surface area contributed by atoms with Gasteiger partial charge in [0.15, 0.2) is 9.84 Å². The van der Waals surface area contributed by atoms with Crippen LogP contribution in [0.15, 0.2) is 23.7 Å². The van der Waals surface area contributed by atoms with E-state index >= 15 is 0 Å². The molecule has 1 unspecified atom stereocenters. The fraction of sp³-hybridized carbons (Fsp3) is 0.200. The number of nitrogens with zero attached hydrogens (tertiary/aromatic N) is 1. The Morgan fingerprint density at radius 2 is 2.28 bits per heavy atom. The number of carbonyl (C=O) groups is 1. The Labute approximate surface area is 108 Å². The zero-order valence-corrected chi connectivity index (χ0v) is 10.6. The van der Waals surface area contributed by atoms with Gasteiger partial charge in [0.25, 0.3) is 0 Å². The first kappa shape index (κ1) is 12.8. The first-order chi connectivity index (χ1) is 8.39. The minimum Gasteiger partial charge on any atom is -0.478 e. The predicted octanol–water partition coefficient (Wildman–Crippen LogP) is 1.16. The van der Waals surface area contributed by atoms with Crippen LogP contribution in [0.2, 0.25) is 5.02 Å². The zero-order chi connectivity index (χ0) is 13.3. The predicted molar refractivity (Wildman–Crippen MR) is 66.5 cm³/mol. The lowest BCUT2D eigenvalue weighted by molar-refractivity contribution is 0.0697. The van der Waals surface area contributed by atoms with Gasteiger partial charge in [0.1, 0.15) is 5.82 Å². The molecule has 0 aromatic carbocycles. The molecule has 1 aliphatic heterocycles. The number of pyridine rings is 1. The summed E-state index contributed by atoms with van der Waals surface area (Å²) in [6, 6.07) is 0.820. The second-order valence-corrected chi connectivity index (χ2v) is 6.04. The summed E-state index contributed by atoms with van der Waals surface area (Å²) in [5.41, 5.74) is -0.0843. The molecule has 0 spiro atoms. The van der Waals surface area contributed by atoms with Crippen LogP contribution < -0.4 is 5.32 Å². The summed E-state index contributed by atoms with van der Waals surface area (Å²) in [6.07, 6.45) is 2.77. The van der Waals surface area contributed by atoms with Gasteiger partial charge < -0.3 is 10.4 Å². The van der Waals surface area contributed by atoms with Crippen LogP contribution in [0.3, 0.4) is 0 Å². The van der Waals surface area contributed by atoms with Crippen LogP contribution in [0, 0.1) is 0 Å². The number of anilines is 1. The second-order valence-electron chi connectivity index (χ2n) is 3.74. The number of rotatable bonds is 3. The summed E-state index contributed by atoms with van der Waals surface area (Å²) in [5, 5.41) is 12.7. The lowest BCUT2D eigenvalue weighted by Gasteiger charge is -2.12. The molecule has 0 fully saturated rings. The SMILES string of the molecule is O=C(O)c1ccnc(NC2C=CS(=O)(=O)C2)c1Cl. The van der Waals surface area contributed by atoms with Crippen molar-refractivity contribution in [1.29, 1.82) is 0 Å². The Morgan fingerprint density at radius 3 is 2.83 bits per heavy atom. The normalized spacial score (nSPS) is 20.8. The van der Waals surface area contributed by atoms with Gasteiger partial charge in [-0.1, -0.05) is 11.6 Å². The van der Waals surface area contributed by atoms with Crippen molar-refractivity contribution in [2.24, 2.45) is 0 Å². The lowest BCUT2D eigenvalue weighted by atomic mass is 10.2. The van der Waals surface area contributed by atoms with Gasteiger partial charge in [-0.15, -0.1) is 0 Å². The fourth-order valence-electron chi connectivity index (χ4n) is 1.55. The highest BCUT2D eigenvalue weighted by Crippen LogP contribution is 2.25. The number of hydrogen-bond acceptors (Lipinski definition) is 5. The highest BCUT2D eigenvalue weighted by atomic mass is 35.5. The van der Waals surface area contributed by atoms with Gasteiger partial charge in [0.05, 0.1) is 22.4 Å². The quantitative estimate of drug-likeness (QED) is 0.866. The molecule has 0 aliphatic carbocycles. The Kier molecular flexibility index (Phi) is 3.27. The molecule has 1 aromatic heterocycles. The van der Waals surface area contributed by atoms with Crippen LogP contribution in [-0.2, 0) is 9.84 Å². The summed E-state index contributed by atoms with van der Waals surface area (Å²) in [5.74, 6) is -1.11. The molecule has 6 nitrogen and oxygen atoms in total. The lowest BCUT2D eigenvalue weighted by Crippen LogP contribution is -2.22. The van der Waals surface area contributed by atoms with E-state index in [1.807, 2.05) is 0 Å². The fourth-order valence-corrected chi connectivity index (χ4v) is 3.03. The zero-order valence-electron chi connectivity index (χ0n) is 9.00. The third-order valence-electron chi connectivity index (χ3n) is 2.37. The molecule has 1 aromatic rings. The molecule has 96 valence electrons. The average Bonchev–Trinajstić information content (AvgIpc) is 2.61. The van der Waals surface area contributed by atoms with Gasteiger partial charge >= 0.3 is 5.97 Å². The third kappa shape index (κ3) is 2.62. The van der Waals surface area contributed by atoms with E-state index in [1.54, 1.807) is 0 Å². The van der Waals surface area contributed by atoms with E-state index in [0.717, 1.165) is 5.41 Å². The number of aromatic nitrogens is 1. The maximum atomic E-state index is 11.2. The molecular weight excluding hydrogens is 280 g/mol. The summed E-state index contributed by atoms with van der Waals surface area (Å²) in [4.78, 5) is 14.8. The summed E-state index contributed by atoms with van der Waals surface area (Å²) >= 11 is 5.87. The van der Waals surface area contributed by atoms with Crippen molar-refractivity contribution < 1.29 is 18.3 Å². The smallest absolute Gasteiger partial charge is 0.337 e. The van der Waals surface area contributed by atoms with E-state index in [2.05, 4.69) is 10.3 Å². The van der Waals surface area contributed by atoms with Crippen LogP contribution in [0.5, 0.6) is 0 Å². The van der Waals surface area contributed by atoms with E-state index in [9.17, 15) is 13.2 Å². The molecule has 2 heterocycles. The number of nitrogens with one attached hydrogen (secondary N) is 1. The van der Waals surface area contributed by atoms with Crippen molar-refractivity contribution >= 4 is 33.2 Å². The highest BCUT2D eigenvalue weighted by molar-refractivity contribution is 7.94. The van der Waals surface area contributed by atoms with Gasteiger partial charge in [-0.3, -0.25) is 0 Å². The topological polar surface area (TPSA) is 96.4 Å². The number of halogens is 1. The molecule has 2 rings (SSSR count). The Hall–Kier alpha value is -1.60. The van der Waals surface area contributed by atoms with Crippen molar-refractivity contribution in [2.75, 3.05) is 11.1 Å². The van der Waals surface area contributed by atoms with E-state index in [4.69, 9.17) is 16.7 Å². The van der Waals surface area contributed by atoms with Crippen molar-refractivity contribution in [3.05, 3.63) is 34.3 Å². The van der Waals surface area contributed by atoms with Crippen LogP contribution >= 0.6 is 11.6 Å². The maximum absolute atomic E-state index is 11.2. The monoisotopic (exact) mass is 288 g/mol. The number of carboxylic acids is 1. The average molecular weight is 289 g/mol. The number of carboxylic acid groups (broad SMARTS) is 1. The number of aromatic carboxylic acids is 1. The summed E-state index contributed by atoms with van der Waals surface area (Å²) in [7, 11) is -3.19. The molecule has 0 amide bonds. The Morgan fingerprint density at radius 1 is 1.56 bits per heavy atom. The van der Waals surface area contributed by atoms with Gasteiger partial charge in [0, 0.05) is 11.6 Å². The number of sulfone groups is 1. The molecule has 0 radical (unpaired) electrons. The first-order valence-electron chi connectivity index (χ1n) is 4.94. The molecule has 1 atom stereocenters. The maximum Gasteiger partial charge on any atom is 0.337 e. The van der Waals surface area contributed by atoms with E-state index in [1.165, 1.54) is 18.3 Å². The second kappa shape index (κ2) is 4.58. The van der Waals surface area contributed by atoms with E-state index in [0.29, 0.717) is 0 Å². The largest absolute Gasteiger partial charge is 0.478 e. The minimum atomic E-state index is -3.19. The molecule has 0 bridgehead atoms. The van der Waals surface area contributed by atoms with Crippen LogP contribution in [0.4, 0.5) is 5.82 Å². The van der Waals surface area contributed by atoms with Gasteiger partial charge in [-0.2, -0.15) is 0 Å². The number of hydrogen-bond donors (Lipinski definition) is 2. The molecule has 1 aliphatic rings. The molecule has 8 heteroatoms. The Balaban J connectivity index is 2.24. The van der Waals surface area contributed by atoms with Crippen molar-refractivity contribution in [1.82, 2.24) is 4.98 Å². The molecule has 0 saturated carbocycles. The molecular formula is C10H9ClN2O4S. The van der Waals surface area contributed by atoms with Crippen LogP contribution in [-0.4, -0.2) is 36.3 Å². The molecule has 18 heavy (non-hydrogen) atoms. The molecule has 0 saturated heterocycles. The van der Waals surface area contributed by atoms with E-state index < -0.39 is 21.8 Å². The van der Waals surface area contributed by atoms with Gasteiger partial charge in [0.2, 0.25) is 0 Å². The van der Waals surface area contributed by atoms with Gasteiger partial charge in [-0.05, 0) is 12.1 Å². The van der Waals surface area contributed by atoms with Gasteiger partial charge in [-0.25, -0.2) is 18.2 Å². The highest BCUT2D eigenvalue weighted by Gasteiger charge is 2.23. The summed E-state index contributed by atoms with van der Waals surface area (Å²) < 4.78 is 22.4. The van der Waals surface area contributed by atoms with Crippen molar-refractivity contribution in [2.45, 2.75) is 6.04 Å². The van der Waals surface area contributed by atoms with Crippen LogP contribution in [0.1, 0.15) is 10.4 Å². The minimum absolute atomic E-state index is 0.0392. The molecule has 2 N–H and O–H groups in total. The van der Waals surface area contributed by atoms with Crippen molar-refractivity contribution in [3.8, 4) is 0 Å². The van der Waals surface area contributed by atoms with Crippen LogP contribution in [0.25, 0.3) is 0 Å². The van der Waals surface area contributed by atoms with Crippen molar-refractivity contribution in [3.63, 3.8) is 0 Å². The Bertz CT molecular complexity index is 627. The van der Waals surface area contributed by atoms with E-state index in [-0.39, 0.29) is 22.2 Å². The third-order valence-corrected chi connectivity index (χ3v) is 4.15.